The minimum Gasteiger partial charge on any atom is -0.402 e. The summed E-state index contributed by atoms with van der Waals surface area (Å²) >= 11 is 0. The van der Waals surface area contributed by atoms with Crippen LogP contribution in [0, 0.1) is 0 Å². The fourth-order valence-corrected chi connectivity index (χ4v) is 0.619. The van der Waals surface area contributed by atoms with Crippen molar-refractivity contribution in [1.82, 2.24) is 0 Å². The number of rotatable bonds is 0. The van der Waals surface area contributed by atoms with E-state index in [0.717, 1.165) is 12.1 Å². The quantitative estimate of drug-likeness (QED) is 0.450. The zero-order chi connectivity index (χ0) is 5.28. The average Bonchev–Trinajstić information content (AvgIpc) is 1.87. The maximum Gasteiger partial charge on any atom is 0.157 e. The van der Waals surface area contributed by atoms with Gasteiger partial charge in [-0.05, 0) is 12.5 Å². The molecule has 0 fully saturated rings. The van der Waals surface area contributed by atoms with E-state index in [1.807, 2.05) is 0 Å². The molecule has 2 nitrogen and oxygen atoms in total. The average molecular weight is 120 g/mol. The van der Waals surface area contributed by atoms with E-state index in [9.17, 15) is 4.79 Å². The van der Waals surface area contributed by atoms with Gasteiger partial charge in [0.2, 0.25) is 0 Å². The molecule has 0 aromatic carbocycles. The summed E-state index contributed by atoms with van der Waals surface area (Å²) in [6.45, 7) is 0. The number of carbonyl (C=O) groups is 1. The molecule has 0 spiro atoms. The third-order valence-corrected chi connectivity index (χ3v) is 1.01. The van der Waals surface area contributed by atoms with Crippen LogP contribution in [0.3, 0.4) is 0 Å². The summed E-state index contributed by atoms with van der Waals surface area (Å²) in [5.41, 5.74) is 5.99. The van der Waals surface area contributed by atoms with Gasteiger partial charge in [0.1, 0.15) is 0 Å². The monoisotopic (exact) mass is 120 g/mol. The maximum absolute atomic E-state index is 10.3. The van der Waals surface area contributed by atoms with E-state index >= 15 is 0 Å². The van der Waals surface area contributed by atoms with Crippen LogP contribution in [0.1, 0.15) is 12.8 Å². The van der Waals surface area contributed by atoms with E-state index in [1.54, 1.807) is 0 Å². The summed E-state index contributed by atoms with van der Waals surface area (Å²) < 4.78 is 0. The minimum atomic E-state index is 0. The van der Waals surface area contributed by atoms with E-state index in [-0.39, 0.29) is 35.3 Å². The Bertz CT molecular complexity index is 130. The van der Waals surface area contributed by atoms with Crippen molar-refractivity contribution in [3.8, 4) is 0 Å². The molecule has 1 aliphatic rings. The summed E-state index contributed by atoms with van der Waals surface area (Å²) in [6.07, 6.45) is 2.88. The first-order chi connectivity index (χ1) is 3.29. The Morgan fingerprint density at radius 1 is 1.50 bits per heavy atom. The van der Waals surface area contributed by atoms with Gasteiger partial charge in [0.05, 0.1) is 0 Å². The fraction of sp³-hybridized carbons (Fsp3) is 0.400. The summed E-state index contributed by atoms with van der Waals surface area (Å²) in [6, 6.07) is 0. The van der Waals surface area contributed by atoms with Crippen molar-refractivity contribution >= 4 is 35.3 Å². The van der Waals surface area contributed by atoms with Gasteiger partial charge in [0, 0.05) is 41.7 Å². The Hall–Kier alpha value is 0.210. The SMILES string of the molecule is NC1=CC(=O)CC1.[Na]. The summed E-state index contributed by atoms with van der Waals surface area (Å²) in [7, 11) is 0. The Balaban J connectivity index is 0.000000490. The number of allylic oxidation sites excluding steroid dienone is 2. The van der Waals surface area contributed by atoms with Gasteiger partial charge in [-0.3, -0.25) is 4.79 Å². The molecule has 1 rings (SSSR count). The number of hydrogen-bond donors (Lipinski definition) is 1. The van der Waals surface area contributed by atoms with Crippen molar-refractivity contribution < 1.29 is 4.79 Å². The molecule has 0 aromatic rings. The molecule has 2 N–H and O–H groups in total. The van der Waals surface area contributed by atoms with Crippen LogP contribution in [-0.4, -0.2) is 35.3 Å². The predicted molar refractivity (Wildman–Crippen MR) is 32.3 cm³/mol. The van der Waals surface area contributed by atoms with Gasteiger partial charge < -0.3 is 5.73 Å². The number of carbonyl (C=O) groups excluding carboxylic acids is 1. The molecule has 1 radical (unpaired) electrons. The van der Waals surface area contributed by atoms with Crippen molar-refractivity contribution in [1.29, 1.82) is 0 Å². The smallest absolute Gasteiger partial charge is 0.157 e. The predicted octanol–water partition coefficient (Wildman–Crippen LogP) is -0.189. The van der Waals surface area contributed by atoms with Gasteiger partial charge in [-0.15, -0.1) is 0 Å². The van der Waals surface area contributed by atoms with Crippen LogP contribution in [0.2, 0.25) is 0 Å². The molecule has 3 heteroatoms. The Morgan fingerprint density at radius 3 is 2.25 bits per heavy atom. The standard InChI is InChI=1S/C5H7NO.Na/c6-4-1-2-5(7)3-4;/h3H,1-2,6H2;. The fourth-order valence-electron chi connectivity index (χ4n) is 0.619. The third kappa shape index (κ3) is 1.99. The van der Waals surface area contributed by atoms with Crippen LogP contribution in [0.15, 0.2) is 11.8 Å². The number of nitrogens with two attached hydrogens (primary N) is 1. The second kappa shape index (κ2) is 3.28. The van der Waals surface area contributed by atoms with E-state index in [1.165, 1.54) is 6.08 Å². The molecular weight excluding hydrogens is 113 g/mol. The van der Waals surface area contributed by atoms with Gasteiger partial charge in [0.25, 0.3) is 0 Å². The summed E-state index contributed by atoms with van der Waals surface area (Å²) in [4.78, 5) is 10.3. The molecule has 0 bridgehead atoms. The van der Waals surface area contributed by atoms with Gasteiger partial charge in [-0.1, -0.05) is 0 Å². The largest absolute Gasteiger partial charge is 0.402 e. The molecule has 8 heavy (non-hydrogen) atoms. The number of ketones is 1. The van der Waals surface area contributed by atoms with Gasteiger partial charge in [0.15, 0.2) is 5.78 Å². The second-order valence-corrected chi connectivity index (χ2v) is 1.69. The molecule has 0 heterocycles. The first-order valence-electron chi connectivity index (χ1n) is 2.28. The van der Waals surface area contributed by atoms with E-state index in [4.69, 9.17) is 5.73 Å². The topological polar surface area (TPSA) is 43.1 Å². The zero-order valence-electron chi connectivity index (χ0n) is 4.98. The minimum absolute atomic E-state index is 0. The zero-order valence-corrected chi connectivity index (χ0v) is 6.98. The molecule has 0 atom stereocenters. The van der Waals surface area contributed by atoms with Gasteiger partial charge in [-0.25, -0.2) is 0 Å². The number of hydrogen-bond acceptors (Lipinski definition) is 2. The van der Waals surface area contributed by atoms with Crippen molar-refractivity contribution in [3.63, 3.8) is 0 Å². The van der Waals surface area contributed by atoms with Crippen LogP contribution < -0.4 is 5.73 Å². The van der Waals surface area contributed by atoms with Crippen molar-refractivity contribution in [2.45, 2.75) is 12.8 Å². The van der Waals surface area contributed by atoms with Crippen molar-refractivity contribution in [3.05, 3.63) is 11.8 Å². The van der Waals surface area contributed by atoms with Crippen molar-refractivity contribution in [2.75, 3.05) is 0 Å². The third-order valence-electron chi connectivity index (χ3n) is 1.01. The summed E-state index contributed by atoms with van der Waals surface area (Å²) in [5, 5.41) is 0. The molecule has 0 saturated heterocycles. The maximum atomic E-state index is 10.3. The Morgan fingerprint density at radius 2 is 2.12 bits per heavy atom. The molecule has 39 valence electrons. The first kappa shape index (κ1) is 8.21. The Labute approximate surface area is 70.4 Å². The molecule has 0 amide bonds. The van der Waals surface area contributed by atoms with E-state index in [2.05, 4.69) is 0 Å². The molecule has 0 aliphatic heterocycles. The van der Waals surface area contributed by atoms with E-state index in [0.29, 0.717) is 6.42 Å². The van der Waals surface area contributed by atoms with Gasteiger partial charge >= 0.3 is 0 Å². The molecule has 0 aromatic heterocycles. The molecule has 0 saturated carbocycles. The van der Waals surface area contributed by atoms with Crippen LogP contribution in [0.5, 0.6) is 0 Å². The normalized spacial score (nSPS) is 17.5. The Kier molecular flexibility index (Phi) is 3.36. The van der Waals surface area contributed by atoms with E-state index < -0.39 is 0 Å². The second-order valence-electron chi connectivity index (χ2n) is 1.69. The molecule has 1 aliphatic carbocycles. The van der Waals surface area contributed by atoms with Crippen molar-refractivity contribution in [2.24, 2.45) is 5.73 Å². The van der Waals surface area contributed by atoms with Crippen LogP contribution >= 0.6 is 0 Å². The molecular formula is C5H7NNaO. The summed E-state index contributed by atoms with van der Waals surface area (Å²) in [5.74, 6) is 0.164. The molecule has 0 unspecified atom stereocenters. The first-order valence-corrected chi connectivity index (χ1v) is 2.28. The van der Waals surface area contributed by atoms with Gasteiger partial charge in [-0.2, -0.15) is 0 Å². The van der Waals surface area contributed by atoms with Crippen LogP contribution in [0.25, 0.3) is 0 Å². The van der Waals surface area contributed by atoms with Crippen LogP contribution in [0.4, 0.5) is 0 Å². The van der Waals surface area contributed by atoms with Crippen LogP contribution in [-0.2, 0) is 4.79 Å².